The zero-order valence-corrected chi connectivity index (χ0v) is 12.1. The van der Waals surface area contributed by atoms with Gasteiger partial charge in [0.2, 0.25) is 0 Å². The Bertz CT molecular complexity index is 382. The van der Waals surface area contributed by atoms with E-state index >= 15 is 0 Å². The highest BCUT2D eigenvalue weighted by molar-refractivity contribution is 14.1. The number of carbonyl (C=O) groups is 1. The van der Waals surface area contributed by atoms with E-state index in [9.17, 15) is 9.18 Å². The van der Waals surface area contributed by atoms with E-state index in [4.69, 9.17) is 0 Å². The summed E-state index contributed by atoms with van der Waals surface area (Å²) in [6, 6.07) is 4.56. The van der Waals surface area contributed by atoms with Crippen molar-refractivity contribution in [3.8, 4) is 0 Å². The van der Waals surface area contributed by atoms with Crippen molar-refractivity contribution in [2.24, 2.45) is 0 Å². The van der Waals surface area contributed by atoms with Crippen LogP contribution < -0.4 is 5.32 Å². The highest BCUT2D eigenvalue weighted by Gasteiger charge is 2.06. The van der Waals surface area contributed by atoms with Gasteiger partial charge in [0.1, 0.15) is 5.82 Å². The van der Waals surface area contributed by atoms with Crippen LogP contribution in [-0.4, -0.2) is 16.9 Å². The van der Waals surface area contributed by atoms with Gasteiger partial charge in [-0.1, -0.05) is 35.1 Å². The van der Waals surface area contributed by atoms with Crippen LogP contribution in [0.1, 0.15) is 35.2 Å². The normalized spacial score (nSPS) is 10.3. The van der Waals surface area contributed by atoms with Crippen molar-refractivity contribution >= 4 is 28.5 Å². The van der Waals surface area contributed by atoms with Crippen LogP contribution in [0.3, 0.4) is 0 Å². The predicted octanol–water partition coefficient (Wildman–Crippen LogP) is 3.47. The average molecular weight is 349 g/mol. The second-order valence-corrected chi connectivity index (χ2v) is 5.05. The zero-order chi connectivity index (χ0) is 12.7. The summed E-state index contributed by atoms with van der Waals surface area (Å²) in [4.78, 5) is 11.7. The van der Waals surface area contributed by atoms with Gasteiger partial charge in [-0.3, -0.25) is 4.79 Å². The number of alkyl halides is 1. The van der Waals surface area contributed by atoms with Gasteiger partial charge in [0.05, 0.1) is 0 Å². The molecule has 1 aromatic carbocycles. The molecule has 0 spiro atoms. The molecule has 0 aliphatic carbocycles. The molecule has 17 heavy (non-hydrogen) atoms. The number of aryl methyl sites for hydroxylation is 1. The third-order valence-electron chi connectivity index (χ3n) is 2.53. The number of unbranched alkanes of at least 4 members (excludes halogenated alkanes) is 2. The number of hydrogen-bond donors (Lipinski definition) is 1. The Morgan fingerprint density at radius 1 is 1.35 bits per heavy atom. The van der Waals surface area contributed by atoms with Crippen LogP contribution >= 0.6 is 22.6 Å². The first kappa shape index (κ1) is 14.4. The highest BCUT2D eigenvalue weighted by atomic mass is 127. The van der Waals surface area contributed by atoms with Crippen molar-refractivity contribution in [2.45, 2.75) is 26.2 Å². The van der Waals surface area contributed by atoms with Crippen LogP contribution in [0.2, 0.25) is 0 Å². The molecule has 1 rings (SSSR count). The third-order valence-corrected chi connectivity index (χ3v) is 3.29. The third kappa shape index (κ3) is 5.02. The summed E-state index contributed by atoms with van der Waals surface area (Å²) in [7, 11) is 0. The first-order valence-corrected chi connectivity index (χ1v) is 7.28. The minimum absolute atomic E-state index is 0.196. The van der Waals surface area contributed by atoms with Crippen molar-refractivity contribution in [3.63, 3.8) is 0 Å². The van der Waals surface area contributed by atoms with E-state index in [1.54, 1.807) is 19.1 Å². The molecular formula is C13H17FINO. The monoisotopic (exact) mass is 349 g/mol. The van der Waals surface area contributed by atoms with E-state index < -0.39 is 0 Å². The Kier molecular flexibility index (Phi) is 6.47. The van der Waals surface area contributed by atoms with E-state index in [-0.39, 0.29) is 11.7 Å². The molecule has 0 aromatic heterocycles. The number of carbonyl (C=O) groups excluding carboxylic acids is 1. The summed E-state index contributed by atoms with van der Waals surface area (Å²) < 4.78 is 14.4. The lowest BCUT2D eigenvalue weighted by atomic mass is 10.1. The molecule has 0 bridgehead atoms. The molecule has 94 valence electrons. The van der Waals surface area contributed by atoms with Gasteiger partial charge in [-0.25, -0.2) is 4.39 Å². The molecular weight excluding hydrogens is 332 g/mol. The molecule has 0 heterocycles. The second-order valence-electron chi connectivity index (χ2n) is 3.97. The topological polar surface area (TPSA) is 29.1 Å². The molecule has 1 aromatic rings. The molecule has 0 radical (unpaired) electrons. The Labute approximate surface area is 115 Å². The maximum Gasteiger partial charge on any atom is 0.251 e. The van der Waals surface area contributed by atoms with Gasteiger partial charge in [-0.05, 0) is 41.9 Å². The minimum atomic E-state index is -0.331. The zero-order valence-electron chi connectivity index (χ0n) is 9.93. The van der Waals surface area contributed by atoms with Crippen LogP contribution in [0.15, 0.2) is 18.2 Å². The van der Waals surface area contributed by atoms with Gasteiger partial charge in [-0.15, -0.1) is 0 Å². The van der Waals surface area contributed by atoms with Gasteiger partial charge in [0, 0.05) is 12.1 Å². The summed E-state index contributed by atoms with van der Waals surface area (Å²) in [5.74, 6) is -0.527. The largest absolute Gasteiger partial charge is 0.352 e. The Hall–Kier alpha value is -0.650. The van der Waals surface area contributed by atoms with Crippen molar-refractivity contribution in [2.75, 3.05) is 11.0 Å². The van der Waals surface area contributed by atoms with E-state index in [0.717, 1.165) is 17.3 Å². The Balaban J connectivity index is 2.39. The SMILES string of the molecule is Cc1ccc(C(=O)NCCCCCI)cc1F. The van der Waals surface area contributed by atoms with Gasteiger partial charge in [0.25, 0.3) is 5.91 Å². The van der Waals surface area contributed by atoms with Gasteiger partial charge >= 0.3 is 0 Å². The van der Waals surface area contributed by atoms with E-state index in [0.29, 0.717) is 17.7 Å². The highest BCUT2D eigenvalue weighted by Crippen LogP contribution is 2.09. The molecule has 0 saturated heterocycles. The van der Waals surface area contributed by atoms with Gasteiger partial charge < -0.3 is 5.32 Å². The molecule has 1 N–H and O–H groups in total. The summed E-state index contributed by atoms with van der Waals surface area (Å²) in [6.07, 6.45) is 3.27. The fraction of sp³-hybridized carbons (Fsp3) is 0.462. The van der Waals surface area contributed by atoms with Crippen LogP contribution in [0.25, 0.3) is 0 Å². The number of rotatable bonds is 6. The number of hydrogen-bond acceptors (Lipinski definition) is 1. The number of nitrogens with one attached hydrogen (secondary N) is 1. The van der Waals surface area contributed by atoms with E-state index in [1.165, 1.54) is 12.5 Å². The molecule has 2 nitrogen and oxygen atoms in total. The van der Waals surface area contributed by atoms with Crippen LogP contribution in [0.4, 0.5) is 4.39 Å². The van der Waals surface area contributed by atoms with E-state index in [2.05, 4.69) is 27.9 Å². The second kappa shape index (κ2) is 7.63. The molecule has 0 saturated carbocycles. The Morgan fingerprint density at radius 3 is 2.76 bits per heavy atom. The van der Waals surface area contributed by atoms with Crippen LogP contribution in [0, 0.1) is 12.7 Å². The van der Waals surface area contributed by atoms with Crippen LogP contribution in [-0.2, 0) is 0 Å². The average Bonchev–Trinajstić information content (AvgIpc) is 2.32. The van der Waals surface area contributed by atoms with Crippen LogP contribution in [0.5, 0.6) is 0 Å². The Morgan fingerprint density at radius 2 is 2.12 bits per heavy atom. The van der Waals surface area contributed by atoms with Gasteiger partial charge in [-0.2, -0.15) is 0 Å². The van der Waals surface area contributed by atoms with E-state index in [1.807, 2.05) is 0 Å². The quantitative estimate of drug-likeness (QED) is 0.476. The standard InChI is InChI=1S/C13H17FINO/c1-10-5-6-11(9-12(10)14)13(17)16-8-4-2-3-7-15/h5-6,9H,2-4,7-8H2,1H3,(H,16,17). The molecule has 0 aliphatic heterocycles. The summed E-state index contributed by atoms with van der Waals surface area (Å²) in [5.41, 5.74) is 0.950. The summed E-state index contributed by atoms with van der Waals surface area (Å²) >= 11 is 2.34. The maximum atomic E-state index is 13.2. The van der Waals surface area contributed by atoms with Gasteiger partial charge in [0.15, 0.2) is 0 Å². The molecule has 0 aliphatic rings. The lowest BCUT2D eigenvalue weighted by Gasteiger charge is -2.05. The smallest absolute Gasteiger partial charge is 0.251 e. The predicted molar refractivity (Wildman–Crippen MR) is 76.2 cm³/mol. The maximum absolute atomic E-state index is 13.2. The molecule has 1 amide bonds. The lowest BCUT2D eigenvalue weighted by molar-refractivity contribution is 0.0952. The number of halogens is 2. The summed E-state index contributed by atoms with van der Waals surface area (Å²) in [6.45, 7) is 2.34. The lowest BCUT2D eigenvalue weighted by Crippen LogP contribution is -2.24. The minimum Gasteiger partial charge on any atom is -0.352 e. The fourth-order valence-corrected chi connectivity index (χ4v) is 1.97. The van der Waals surface area contributed by atoms with Crippen molar-refractivity contribution in [1.29, 1.82) is 0 Å². The first-order valence-electron chi connectivity index (χ1n) is 5.75. The number of amides is 1. The molecule has 0 fully saturated rings. The van der Waals surface area contributed by atoms with Crippen molar-refractivity contribution < 1.29 is 9.18 Å². The molecule has 0 unspecified atom stereocenters. The molecule has 0 atom stereocenters. The first-order chi connectivity index (χ1) is 8.15. The summed E-state index contributed by atoms with van der Waals surface area (Å²) in [5, 5.41) is 2.80. The fourth-order valence-electron chi connectivity index (χ4n) is 1.43. The number of benzene rings is 1. The van der Waals surface area contributed by atoms with Crippen molar-refractivity contribution in [3.05, 3.63) is 35.1 Å². The molecule has 4 heteroatoms. The van der Waals surface area contributed by atoms with Crippen molar-refractivity contribution in [1.82, 2.24) is 5.32 Å².